The number of hydrogen-bond acceptors (Lipinski definition) is 4. The van der Waals surface area contributed by atoms with Crippen LogP contribution in [0.2, 0.25) is 0 Å². The summed E-state index contributed by atoms with van der Waals surface area (Å²) in [5, 5.41) is 3.85. The van der Waals surface area contributed by atoms with Gasteiger partial charge in [0, 0.05) is 57.4 Å². The van der Waals surface area contributed by atoms with E-state index in [4.69, 9.17) is 0 Å². The lowest BCUT2D eigenvalue weighted by Gasteiger charge is -2.47. The van der Waals surface area contributed by atoms with Crippen LogP contribution in [-0.2, 0) is 0 Å². The van der Waals surface area contributed by atoms with Gasteiger partial charge in [-0.1, -0.05) is 6.42 Å². The van der Waals surface area contributed by atoms with Gasteiger partial charge < -0.3 is 15.1 Å². The Hall–Kier alpha value is -0.160. The first kappa shape index (κ1) is 14.8. The molecule has 116 valence electrons. The molecule has 0 aromatic carbocycles. The summed E-state index contributed by atoms with van der Waals surface area (Å²) >= 11 is 0. The van der Waals surface area contributed by atoms with Crippen molar-refractivity contribution in [3.05, 3.63) is 0 Å². The molecular formula is C16H32N4. The zero-order valence-electron chi connectivity index (χ0n) is 13.4. The van der Waals surface area contributed by atoms with E-state index < -0.39 is 0 Å². The molecule has 4 heteroatoms. The average Bonchev–Trinajstić information content (AvgIpc) is 2.42. The number of hydrogen-bond donors (Lipinski definition) is 1. The fourth-order valence-corrected chi connectivity index (χ4v) is 4.28. The predicted octanol–water partition coefficient (Wildman–Crippen LogP) is 0.839. The van der Waals surface area contributed by atoms with Crippen molar-refractivity contribution in [3.63, 3.8) is 0 Å². The summed E-state index contributed by atoms with van der Waals surface area (Å²) in [5.41, 5.74) is 0. The van der Waals surface area contributed by atoms with Gasteiger partial charge in [-0.05, 0) is 39.8 Å². The Morgan fingerprint density at radius 1 is 0.950 bits per heavy atom. The number of piperidine rings is 2. The summed E-state index contributed by atoms with van der Waals surface area (Å²) in [4.78, 5) is 7.70. The molecule has 3 heterocycles. The zero-order valence-corrected chi connectivity index (χ0v) is 13.4. The molecule has 0 aromatic rings. The van der Waals surface area contributed by atoms with Gasteiger partial charge in [0.1, 0.15) is 0 Å². The molecule has 0 spiro atoms. The number of piperazine rings is 1. The monoisotopic (exact) mass is 280 g/mol. The van der Waals surface area contributed by atoms with Gasteiger partial charge in [-0.2, -0.15) is 0 Å². The Morgan fingerprint density at radius 3 is 2.25 bits per heavy atom. The van der Waals surface area contributed by atoms with Gasteiger partial charge in [0.05, 0.1) is 0 Å². The molecule has 1 N–H and O–H groups in total. The molecule has 2 bridgehead atoms. The number of rotatable bonds is 4. The highest BCUT2D eigenvalue weighted by atomic mass is 15.3. The highest BCUT2D eigenvalue weighted by Gasteiger charge is 2.35. The van der Waals surface area contributed by atoms with Crippen LogP contribution in [0.25, 0.3) is 0 Å². The third-order valence-corrected chi connectivity index (χ3v) is 5.80. The van der Waals surface area contributed by atoms with Crippen LogP contribution in [0.3, 0.4) is 0 Å². The average molecular weight is 280 g/mol. The van der Waals surface area contributed by atoms with Gasteiger partial charge in [0.25, 0.3) is 0 Å². The van der Waals surface area contributed by atoms with Gasteiger partial charge in [-0.3, -0.25) is 4.90 Å². The largest absolute Gasteiger partial charge is 0.313 e. The van der Waals surface area contributed by atoms with E-state index in [1.807, 2.05) is 0 Å². The van der Waals surface area contributed by atoms with Crippen molar-refractivity contribution in [2.75, 3.05) is 53.4 Å². The highest BCUT2D eigenvalue weighted by Crippen LogP contribution is 2.32. The van der Waals surface area contributed by atoms with Crippen molar-refractivity contribution in [1.29, 1.82) is 0 Å². The number of likely N-dealkylation sites (N-methyl/N-ethyl adjacent to an activating group) is 1. The van der Waals surface area contributed by atoms with E-state index in [2.05, 4.69) is 34.1 Å². The first-order chi connectivity index (χ1) is 9.72. The summed E-state index contributed by atoms with van der Waals surface area (Å²) in [7, 11) is 4.57. The minimum atomic E-state index is 0.772. The molecule has 3 rings (SSSR count). The second kappa shape index (κ2) is 6.73. The van der Waals surface area contributed by atoms with Crippen molar-refractivity contribution < 1.29 is 0 Å². The third-order valence-electron chi connectivity index (χ3n) is 5.80. The quantitative estimate of drug-likeness (QED) is 0.824. The fourth-order valence-electron chi connectivity index (χ4n) is 4.28. The van der Waals surface area contributed by atoms with Crippen molar-refractivity contribution in [2.45, 2.75) is 50.2 Å². The van der Waals surface area contributed by atoms with E-state index in [0.29, 0.717) is 0 Å². The van der Waals surface area contributed by atoms with Crippen molar-refractivity contribution in [1.82, 2.24) is 20.0 Å². The van der Waals surface area contributed by atoms with Gasteiger partial charge in [-0.25, -0.2) is 0 Å². The predicted molar refractivity (Wildman–Crippen MR) is 84.2 cm³/mol. The molecule has 2 atom stereocenters. The van der Waals surface area contributed by atoms with E-state index in [-0.39, 0.29) is 0 Å². The van der Waals surface area contributed by atoms with Crippen LogP contribution in [0.4, 0.5) is 0 Å². The van der Waals surface area contributed by atoms with Gasteiger partial charge in [0.15, 0.2) is 0 Å². The van der Waals surface area contributed by atoms with Crippen LogP contribution in [0.1, 0.15) is 32.1 Å². The Balaban J connectivity index is 1.37. The van der Waals surface area contributed by atoms with E-state index >= 15 is 0 Å². The molecule has 3 aliphatic rings. The Bertz CT molecular complexity index is 287. The molecule has 4 nitrogen and oxygen atoms in total. The number of nitrogens with zero attached hydrogens (tertiary/aromatic N) is 3. The Kier molecular flexibility index (Phi) is 4.97. The third kappa shape index (κ3) is 3.53. The summed E-state index contributed by atoms with van der Waals surface area (Å²) in [6.45, 7) is 7.37. The molecule has 0 aromatic heterocycles. The molecule has 20 heavy (non-hydrogen) atoms. The summed E-state index contributed by atoms with van der Waals surface area (Å²) in [5.74, 6) is 0. The standard InChI is InChI=1S/C16H32N4/c1-18-8-10-20(11-9-18)7-6-17-14-12-15-4-3-5-16(13-14)19(15)2/h14-17H,3-13H2,1-2H3. The summed E-state index contributed by atoms with van der Waals surface area (Å²) in [6.07, 6.45) is 7.03. The van der Waals surface area contributed by atoms with E-state index in [0.717, 1.165) is 18.1 Å². The summed E-state index contributed by atoms with van der Waals surface area (Å²) in [6, 6.07) is 2.47. The van der Waals surface area contributed by atoms with Crippen LogP contribution in [0, 0.1) is 0 Å². The van der Waals surface area contributed by atoms with Crippen LogP contribution in [0.15, 0.2) is 0 Å². The van der Waals surface area contributed by atoms with Crippen LogP contribution in [0.5, 0.6) is 0 Å². The second-order valence-corrected chi connectivity index (χ2v) is 7.17. The van der Waals surface area contributed by atoms with E-state index in [9.17, 15) is 0 Å². The SMILES string of the molecule is CN1CCN(CCNC2CC3CCCC(C2)N3C)CC1. The van der Waals surface area contributed by atoms with Crippen LogP contribution < -0.4 is 5.32 Å². The number of fused-ring (bicyclic) bond motifs is 2. The maximum absolute atomic E-state index is 3.85. The second-order valence-electron chi connectivity index (χ2n) is 7.17. The lowest BCUT2D eigenvalue weighted by molar-refractivity contribution is 0.0476. The molecule has 0 saturated carbocycles. The first-order valence-electron chi connectivity index (χ1n) is 8.58. The molecule has 3 saturated heterocycles. The molecule has 3 aliphatic heterocycles. The van der Waals surface area contributed by atoms with Crippen molar-refractivity contribution in [2.24, 2.45) is 0 Å². The smallest absolute Gasteiger partial charge is 0.0110 e. The van der Waals surface area contributed by atoms with Crippen molar-refractivity contribution >= 4 is 0 Å². The van der Waals surface area contributed by atoms with E-state index in [1.54, 1.807) is 0 Å². The molecule has 0 radical (unpaired) electrons. The number of nitrogens with one attached hydrogen (secondary N) is 1. The minimum absolute atomic E-state index is 0.772. The topological polar surface area (TPSA) is 21.8 Å². The molecular weight excluding hydrogens is 248 g/mol. The molecule has 0 aliphatic carbocycles. The fraction of sp³-hybridized carbons (Fsp3) is 1.00. The maximum atomic E-state index is 3.85. The highest BCUT2D eigenvalue weighted by molar-refractivity contribution is 4.93. The molecule has 0 amide bonds. The van der Waals surface area contributed by atoms with Gasteiger partial charge in [0.2, 0.25) is 0 Å². The molecule has 2 unspecified atom stereocenters. The van der Waals surface area contributed by atoms with Crippen LogP contribution >= 0.6 is 0 Å². The lowest BCUT2D eigenvalue weighted by atomic mass is 9.82. The molecule has 3 fully saturated rings. The first-order valence-corrected chi connectivity index (χ1v) is 8.58. The Labute approximate surface area is 124 Å². The maximum Gasteiger partial charge on any atom is 0.0110 e. The van der Waals surface area contributed by atoms with Gasteiger partial charge in [-0.15, -0.1) is 0 Å². The lowest BCUT2D eigenvalue weighted by Crippen LogP contribution is -2.55. The van der Waals surface area contributed by atoms with Crippen molar-refractivity contribution in [3.8, 4) is 0 Å². The van der Waals surface area contributed by atoms with Crippen LogP contribution in [-0.4, -0.2) is 86.2 Å². The summed E-state index contributed by atoms with van der Waals surface area (Å²) < 4.78 is 0. The minimum Gasteiger partial charge on any atom is -0.313 e. The van der Waals surface area contributed by atoms with Gasteiger partial charge >= 0.3 is 0 Å². The van der Waals surface area contributed by atoms with E-state index in [1.165, 1.54) is 71.4 Å². The zero-order chi connectivity index (χ0) is 13.9. The Morgan fingerprint density at radius 2 is 1.60 bits per heavy atom. The normalized spacial score (nSPS) is 37.2.